The summed E-state index contributed by atoms with van der Waals surface area (Å²) in [4.78, 5) is 26.2. The van der Waals surface area contributed by atoms with Crippen LogP contribution in [-0.4, -0.2) is 43.7 Å². The molecule has 0 radical (unpaired) electrons. The SMILES string of the molecule is Cc1ccn(-c2cc(NCCNC(=O)c3sc(-c4ccccc4)nc3C)ncn2)n1. The van der Waals surface area contributed by atoms with Crippen LogP contribution in [0.1, 0.15) is 21.1 Å². The van der Waals surface area contributed by atoms with Crippen LogP contribution in [0.4, 0.5) is 5.82 Å². The minimum absolute atomic E-state index is 0.121. The summed E-state index contributed by atoms with van der Waals surface area (Å²) in [6, 6.07) is 13.6. The number of amides is 1. The fraction of sp³-hybridized carbons (Fsp3) is 0.190. The molecular formula is C21H21N7OS. The molecule has 1 amide bonds. The molecule has 9 heteroatoms. The summed E-state index contributed by atoms with van der Waals surface area (Å²) in [6.07, 6.45) is 3.34. The number of nitrogens with zero attached hydrogens (tertiary/aromatic N) is 5. The van der Waals surface area contributed by atoms with Crippen LogP contribution in [0.2, 0.25) is 0 Å². The number of hydrogen-bond donors (Lipinski definition) is 2. The Morgan fingerprint density at radius 3 is 2.70 bits per heavy atom. The summed E-state index contributed by atoms with van der Waals surface area (Å²) in [6.45, 7) is 4.77. The van der Waals surface area contributed by atoms with E-state index < -0.39 is 0 Å². The molecule has 0 aliphatic carbocycles. The quantitative estimate of drug-likeness (QED) is 0.446. The number of aryl methyl sites for hydroxylation is 2. The second-order valence-corrected chi connectivity index (χ2v) is 7.64. The van der Waals surface area contributed by atoms with Gasteiger partial charge in [0.15, 0.2) is 5.82 Å². The van der Waals surface area contributed by atoms with Crippen LogP contribution in [0, 0.1) is 13.8 Å². The predicted molar refractivity (Wildman–Crippen MR) is 117 cm³/mol. The van der Waals surface area contributed by atoms with E-state index in [1.165, 1.54) is 17.7 Å². The van der Waals surface area contributed by atoms with Gasteiger partial charge in [-0.1, -0.05) is 30.3 Å². The number of rotatable bonds is 7. The molecule has 0 unspecified atom stereocenters. The van der Waals surface area contributed by atoms with Crippen molar-refractivity contribution in [2.75, 3.05) is 18.4 Å². The first-order valence-corrected chi connectivity index (χ1v) is 10.3. The normalized spacial score (nSPS) is 10.7. The van der Waals surface area contributed by atoms with Crippen LogP contribution in [-0.2, 0) is 0 Å². The topological polar surface area (TPSA) is 97.6 Å². The van der Waals surface area contributed by atoms with E-state index in [9.17, 15) is 4.79 Å². The van der Waals surface area contributed by atoms with Crippen molar-refractivity contribution >= 4 is 23.1 Å². The second-order valence-electron chi connectivity index (χ2n) is 6.65. The molecule has 0 saturated carbocycles. The molecule has 0 saturated heterocycles. The van der Waals surface area contributed by atoms with Crippen LogP contribution < -0.4 is 10.6 Å². The molecule has 152 valence electrons. The van der Waals surface area contributed by atoms with Gasteiger partial charge in [0.1, 0.15) is 22.0 Å². The molecule has 2 N–H and O–H groups in total. The Morgan fingerprint density at radius 1 is 1.10 bits per heavy atom. The summed E-state index contributed by atoms with van der Waals surface area (Å²) >= 11 is 1.40. The van der Waals surface area contributed by atoms with Crippen molar-refractivity contribution < 1.29 is 4.79 Å². The third-order valence-corrected chi connectivity index (χ3v) is 5.56. The van der Waals surface area contributed by atoms with E-state index in [-0.39, 0.29) is 5.91 Å². The van der Waals surface area contributed by atoms with E-state index in [0.717, 1.165) is 22.0 Å². The minimum atomic E-state index is -0.121. The molecule has 4 aromatic rings. The largest absolute Gasteiger partial charge is 0.368 e. The maximum absolute atomic E-state index is 12.6. The van der Waals surface area contributed by atoms with Gasteiger partial charge in [0.25, 0.3) is 5.91 Å². The maximum atomic E-state index is 12.6. The molecule has 0 bridgehead atoms. The molecule has 0 aliphatic rings. The molecule has 1 aromatic carbocycles. The predicted octanol–water partition coefficient (Wildman–Crippen LogP) is 3.24. The second kappa shape index (κ2) is 8.83. The number of carbonyl (C=O) groups excluding carboxylic acids is 1. The number of nitrogens with one attached hydrogen (secondary N) is 2. The van der Waals surface area contributed by atoms with E-state index in [1.54, 1.807) is 4.68 Å². The minimum Gasteiger partial charge on any atom is -0.368 e. The first kappa shape index (κ1) is 19.7. The number of aromatic nitrogens is 5. The summed E-state index contributed by atoms with van der Waals surface area (Å²) in [5, 5.41) is 11.3. The fourth-order valence-corrected chi connectivity index (χ4v) is 3.86. The van der Waals surface area contributed by atoms with Gasteiger partial charge in [0.2, 0.25) is 0 Å². The molecule has 0 atom stereocenters. The van der Waals surface area contributed by atoms with Crippen molar-refractivity contribution in [3.8, 4) is 16.4 Å². The molecule has 3 aromatic heterocycles. The molecule has 8 nitrogen and oxygen atoms in total. The van der Waals surface area contributed by atoms with Crippen molar-refractivity contribution in [3.63, 3.8) is 0 Å². The average Bonchev–Trinajstić information content (AvgIpc) is 3.38. The summed E-state index contributed by atoms with van der Waals surface area (Å²) in [7, 11) is 0. The number of thiazole rings is 1. The van der Waals surface area contributed by atoms with Crippen LogP contribution in [0.25, 0.3) is 16.4 Å². The van der Waals surface area contributed by atoms with E-state index >= 15 is 0 Å². The van der Waals surface area contributed by atoms with E-state index in [1.807, 2.05) is 62.5 Å². The van der Waals surface area contributed by atoms with Gasteiger partial charge in [-0.15, -0.1) is 11.3 Å². The van der Waals surface area contributed by atoms with Gasteiger partial charge in [0.05, 0.1) is 11.4 Å². The van der Waals surface area contributed by atoms with Gasteiger partial charge >= 0.3 is 0 Å². The summed E-state index contributed by atoms with van der Waals surface area (Å²) in [5.41, 5.74) is 2.66. The molecular weight excluding hydrogens is 398 g/mol. The summed E-state index contributed by atoms with van der Waals surface area (Å²) in [5.74, 6) is 1.23. The number of carbonyl (C=O) groups is 1. The number of benzene rings is 1. The zero-order chi connectivity index (χ0) is 20.9. The third-order valence-electron chi connectivity index (χ3n) is 4.35. The zero-order valence-corrected chi connectivity index (χ0v) is 17.5. The molecule has 4 rings (SSSR count). The molecule has 0 spiro atoms. The first-order valence-electron chi connectivity index (χ1n) is 9.50. The Labute approximate surface area is 178 Å². The Bertz CT molecular complexity index is 1150. The lowest BCUT2D eigenvalue weighted by Crippen LogP contribution is -2.28. The lowest BCUT2D eigenvalue weighted by atomic mass is 10.2. The molecule has 30 heavy (non-hydrogen) atoms. The van der Waals surface area contributed by atoms with Gasteiger partial charge < -0.3 is 10.6 Å². The first-order chi connectivity index (χ1) is 14.6. The van der Waals surface area contributed by atoms with Crippen LogP contribution in [0.5, 0.6) is 0 Å². The highest BCUT2D eigenvalue weighted by Crippen LogP contribution is 2.27. The van der Waals surface area contributed by atoms with Gasteiger partial charge in [-0.25, -0.2) is 19.6 Å². The lowest BCUT2D eigenvalue weighted by molar-refractivity contribution is 0.0958. The van der Waals surface area contributed by atoms with Gasteiger partial charge in [0, 0.05) is 30.9 Å². The number of hydrogen-bond acceptors (Lipinski definition) is 7. The van der Waals surface area contributed by atoms with E-state index in [4.69, 9.17) is 0 Å². The molecule has 3 heterocycles. The Morgan fingerprint density at radius 2 is 1.93 bits per heavy atom. The average molecular weight is 420 g/mol. The highest BCUT2D eigenvalue weighted by Gasteiger charge is 2.15. The smallest absolute Gasteiger partial charge is 0.263 e. The molecule has 0 fully saturated rings. The zero-order valence-electron chi connectivity index (χ0n) is 16.7. The van der Waals surface area contributed by atoms with Crippen LogP contribution in [0.15, 0.2) is 55.0 Å². The monoisotopic (exact) mass is 419 g/mol. The van der Waals surface area contributed by atoms with Crippen molar-refractivity contribution in [2.45, 2.75) is 13.8 Å². The van der Waals surface area contributed by atoms with E-state index in [2.05, 4.69) is 30.7 Å². The Balaban J connectivity index is 1.32. The van der Waals surface area contributed by atoms with Gasteiger partial charge in [-0.2, -0.15) is 5.10 Å². The third kappa shape index (κ3) is 4.52. The summed E-state index contributed by atoms with van der Waals surface area (Å²) < 4.78 is 1.70. The lowest BCUT2D eigenvalue weighted by Gasteiger charge is -2.08. The standard InChI is InChI=1S/C21H21N7OS/c1-14-8-11-28(27-14)18-12-17(24-13-25-18)22-9-10-23-20(29)19-15(2)26-21(30-19)16-6-4-3-5-7-16/h3-8,11-13H,9-10H2,1-2H3,(H,23,29)(H,22,24,25). The number of anilines is 1. The van der Waals surface area contributed by atoms with Gasteiger partial charge in [-0.3, -0.25) is 4.79 Å². The highest BCUT2D eigenvalue weighted by atomic mass is 32.1. The van der Waals surface area contributed by atoms with Crippen molar-refractivity contribution in [3.05, 3.63) is 71.3 Å². The highest BCUT2D eigenvalue weighted by molar-refractivity contribution is 7.17. The molecule has 0 aliphatic heterocycles. The van der Waals surface area contributed by atoms with Gasteiger partial charge in [-0.05, 0) is 19.9 Å². The van der Waals surface area contributed by atoms with Crippen molar-refractivity contribution in [1.29, 1.82) is 0 Å². The van der Waals surface area contributed by atoms with Crippen molar-refractivity contribution in [1.82, 2.24) is 30.0 Å². The van der Waals surface area contributed by atoms with Crippen LogP contribution >= 0.6 is 11.3 Å². The maximum Gasteiger partial charge on any atom is 0.263 e. The van der Waals surface area contributed by atoms with Crippen molar-refractivity contribution in [2.24, 2.45) is 0 Å². The van der Waals surface area contributed by atoms with E-state index in [0.29, 0.717) is 29.6 Å². The Kier molecular flexibility index (Phi) is 5.80. The Hall–Kier alpha value is -3.59. The fourth-order valence-electron chi connectivity index (χ4n) is 2.87. The van der Waals surface area contributed by atoms with Crippen LogP contribution in [0.3, 0.4) is 0 Å².